The van der Waals surface area contributed by atoms with E-state index in [1.54, 1.807) is 12.4 Å². The van der Waals surface area contributed by atoms with Gasteiger partial charge in [0.1, 0.15) is 0 Å². The zero-order chi connectivity index (χ0) is 20.3. The van der Waals surface area contributed by atoms with Gasteiger partial charge in [0.25, 0.3) is 5.91 Å². The topological polar surface area (TPSA) is 67.2 Å². The Bertz CT molecular complexity index is 834. The third-order valence-corrected chi connectivity index (χ3v) is 5.35. The minimum absolute atomic E-state index is 0.0461. The molecule has 3 heterocycles. The zero-order valence-electron chi connectivity index (χ0n) is 17.2. The van der Waals surface area contributed by atoms with E-state index in [1.807, 2.05) is 36.9 Å². The highest BCUT2D eigenvalue weighted by Crippen LogP contribution is 2.21. The number of rotatable bonds is 5. The summed E-state index contributed by atoms with van der Waals surface area (Å²) < 4.78 is 2.05. The molecule has 1 fully saturated rings. The number of nitrogens with zero attached hydrogens (tertiary/aromatic N) is 3. The molecule has 0 spiro atoms. The molecule has 28 heavy (non-hydrogen) atoms. The highest BCUT2D eigenvalue weighted by atomic mass is 16.2. The molecule has 0 bridgehead atoms. The lowest BCUT2D eigenvalue weighted by Gasteiger charge is -2.32. The van der Waals surface area contributed by atoms with Crippen molar-refractivity contribution in [1.29, 1.82) is 0 Å². The van der Waals surface area contributed by atoms with Crippen LogP contribution in [0, 0.1) is 19.8 Å². The van der Waals surface area contributed by atoms with Gasteiger partial charge in [-0.05, 0) is 50.8 Å². The van der Waals surface area contributed by atoms with Crippen molar-refractivity contribution in [3.05, 3.63) is 47.5 Å². The Balaban J connectivity index is 1.63. The van der Waals surface area contributed by atoms with E-state index in [1.165, 1.54) is 0 Å². The van der Waals surface area contributed by atoms with Gasteiger partial charge in [-0.25, -0.2) is 0 Å². The van der Waals surface area contributed by atoms with Crippen LogP contribution in [0.1, 0.15) is 54.9 Å². The first kappa shape index (κ1) is 20.1. The molecule has 3 rings (SSSR count). The van der Waals surface area contributed by atoms with E-state index < -0.39 is 0 Å². The Hall–Kier alpha value is -2.63. The number of aromatic nitrogens is 2. The van der Waals surface area contributed by atoms with Crippen molar-refractivity contribution in [2.45, 2.75) is 53.0 Å². The number of likely N-dealkylation sites (tertiary alicyclic amines) is 1. The van der Waals surface area contributed by atoms with E-state index in [9.17, 15) is 9.59 Å². The summed E-state index contributed by atoms with van der Waals surface area (Å²) in [4.78, 5) is 31.2. The van der Waals surface area contributed by atoms with Gasteiger partial charge >= 0.3 is 0 Å². The Kier molecular flexibility index (Phi) is 6.17. The summed E-state index contributed by atoms with van der Waals surface area (Å²) in [6, 6.07) is 5.91. The number of amides is 2. The highest BCUT2D eigenvalue weighted by Gasteiger charge is 2.25. The van der Waals surface area contributed by atoms with Crippen LogP contribution in [-0.4, -0.2) is 45.4 Å². The summed E-state index contributed by atoms with van der Waals surface area (Å²) in [5, 5.41) is 3.16. The molecule has 1 N–H and O–H groups in total. The third-order valence-electron chi connectivity index (χ3n) is 5.35. The minimum Gasteiger partial charge on any atom is -0.349 e. The number of nitrogens with one attached hydrogen (secondary N) is 1. The van der Waals surface area contributed by atoms with Crippen molar-refractivity contribution in [3.63, 3.8) is 0 Å². The van der Waals surface area contributed by atoms with Gasteiger partial charge in [0.15, 0.2) is 0 Å². The van der Waals surface area contributed by atoms with E-state index >= 15 is 0 Å². The Morgan fingerprint density at radius 2 is 1.96 bits per heavy atom. The van der Waals surface area contributed by atoms with E-state index in [4.69, 9.17) is 0 Å². The van der Waals surface area contributed by atoms with Gasteiger partial charge < -0.3 is 14.8 Å². The first-order valence-corrected chi connectivity index (χ1v) is 10.0. The number of hydrogen-bond donors (Lipinski definition) is 1. The molecule has 6 heteroatoms. The quantitative estimate of drug-likeness (QED) is 0.863. The zero-order valence-corrected chi connectivity index (χ0v) is 17.2. The standard InChI is InChI=1S/C22H30N4O2/c1-15(2)12-21(27)25-10-7-18(8-11-25)24-22(28)20-13-16(3)26(17(20)4)19-6-5-9-23-14-19/h5-6,9,13-15,18H,7-8,10-12H2,1-4H3,(H,24,28). The molecule has 0 radical (unpaired) electrons. The van der Waals surface area contributed by atoms with E-state index in [-0.39, 0.29) is 17.9 Å². The normalized spacial score (nSPS) is 15.1. The summed E-state index contributed by atoms with van der Waals surface area (Å²) in [6.07, 6.45) is 5.74. The van der Waals surface area contributed by atoms with Gasteiger partial charge in [-0.15, -0.1) is 0 Å². The molecular formula is C22H30N4O2. The molecule has 0 aromatic carbocycles. The number of piperidine rings is 1. The van der Waals surface area contributed by atoms with Crippen molar-refractivity contribution < 1.29 is 9.59 Å². The summed E-state index contributed by atoms with van der Waals surface area (Å²) in [6.45, 7) is 9.51. The predicted molar refractivity (Wildman–Crippen MR) is 110 cm³/mol. The molecule has 0 unspecified atom stereocenters. The van der Waals surface area contributed by atoms with Gasteiger partial charge in [0, 0.05) is 43.1 Å². The van der Waals surface area contributed by atoms with Gasteiger partial charge in [0.2, 0.25) is 5.91 Å². The van der Waals surface area contributed by atoms with Crippen LogP contribution < -0.4 is 5.32 Å². The Morgan fingerprint density at radius 3 is 2.57 bits per heavy atom. The van der Waals surface area contributed by atoms with Crippen molar-refractivity contribution in [2.24, 2.45) is 5.92 Å². The second kappa shape index (κ2) is 8.59. The van der Waals surface area contributed by atoms with E-state index in [0.717, 1.165) is 29.9 Å². The summed E-state index contributed by atoms with van der Waals surface area (Å²) in [5.74, 6) is 0.551. The fourth-order valence-electron chi connectivity index (χ4n) is 3.89. The molecule has 0 saturated carbocycles. The maximum atomic E-state index is 12.9. The average Bonchev–Trinajstić information content (AvgIpc) is 2.97. The Morgan fingerprint density at radius 1 is 1.25 bits per heavy atom. The van der Waals surface area contributed by atoms with Crippen LogP contribution in [0.2, 0.25) is 0 Å². The molecule has 0 atom stereocenters. The summed E-state index contributed by atoms with van der Waals surface area (Å²) in [5.41, 5.74) is 3.56. The van der Waals surface area contributed by atoms with Crippen LogP contribution in [0.15, 0.2) is 30.6 Å². The van der Waals surface area contributed by atoms with Crippen LogP contribution in [0.25, 0.3) is 5.69 Å². The number of pyridine rings is 1. The molecule has 6 nitrogen and oxygen atoms in total. The fourth-order valence-corrected chi connectivity index (χ4v) is 3.89. The highest BCUT2D eigenvalue weighted by molar-refractivity contribution is 5.96. The van der Waals surface area contributed by atoms with Gasteiger partial charge in [-0.1, -0.05) is 13.8 Å². The molecule has 1 saturated heterocycles. The molecule has 150 valence electrons. The largest absolute Gasteiger partial charge is 0.349 e. The monoisotopic (exact) mass is 382 g/mol. The SMILES string of the molecule is Cc1cc(C(=O)NC2CCN(C(=O)CC(C)C)CC2)c(C)n1-c1cccnc1. The van der Waals surface area contributed by atoms with Gasteiger partial charge in [-0.2, -0.15) is 0 Å². The summed E-state index contributed by atoms with van der Waals surface area (Å²) >= 11 is 0. The second-order valence-electron chi connectivity index (χ2n) is 8.06. The van der Waals surface area contributed by atoms with Crippen LogP contribution in [0.5, 0.6) is 0 Å². The lowest BCUT2D eigenvalue weighted by Crippen LogP contribution is -2.46. The third kappa shape index (κ3) is 4.43. The van der Waals surface area contributed by atoms with Gasteiger partial charge in [-0.3, -0.25) is 14.6 Å². The van der Waals surface area contributed by atoms with Crippen LogP contribution >= 0.6 is 0 Å². The van der Waals surface area contributed by atoms with Gasteiger partial charge in [0.05, 0.1) is 17.4 Å². The fraction of sp³-hybridized carbons (Fsp3) is 0.500. The number of carbonyl (C=O) groups is 2. The number of carbonyl (C=O) groups excluding carboxylic acids is 2. The molecule has 2 aromatic heterocycles. The van der Waals surface area contributed by atoms with Crippen LogP contribution in [0.4, 0.5) is 0 Å². The molecule has 0 aliphatic carbocycles. The first-order valence-electron chi connectivity index (χ1n) is 10.0. The van der Waals surface area contributed by atoms with Crippen molar-refractivity contribution >= 4 is 11.8 Å². The van der Waals surface area contributed by atoms with E-state index in [2.05, 4.69) is 28.7 Å². The Labute approximate surface area is 166 Å². The lowest BCUT2D eigenvalue weighted by atomic mass is 10.0. The van der Waals surface area contributed by atoms with Crippen LogP contribution in [0.3, 0.4) is 0 Å². The first-order chi connectivity index (χ1) is 13.4. The number of aryl methyl sites for hydroxylation is 1. The smallest absolute Gasteiger partial charge is 0.253 e. The molecule has 2 amide bonds. The summed E-state index contributed by atoms with van der Waals surface area (Å²) in [7, 11) is 0. The molecule has 1 aliphatic rings. The number of hydrogen-bond acceptors (Lipinski definition) is 3. The van der Waals surface area contributed by atoms with Crippen LogP contribution in [-0.2, 0) is 4.79 Å². The maximum absolute atomic E-state index is 12.9. The average molecular weight is 383 g/mol. The maximum Gasteiger partial charge on any atom is 0.253 e. The molecule has 2 aromatic rings. The predicted octanol–water partition coefficient (Wildman–Crippen LogP) is 3.26. The van der Waals surface area contributed by atoms with Crippen molar-refractivity contribution in [3.8, 4) is 5.69 Å². The van der Waals surface area contributed by atoms with Crippen molar-refractivity contribution in [1.82, 2.24) is 19.8 Å². The molecule has 1 aliphatic heterocycles. The second-order valence-corrected chi connectivity index (χ2v) is 8.06. The molecular weight excluding hydrogens is 352 g/mol. The minimum atomic E-state index is -0.0461. The lowest BCUT2D eigenvalue weighted by molar-refractivity contribution is -0.133. The van der Waals surface area contributed by atoms with E-state index in [0.29, 0.717) is 31.0 Å². The van der Waals surface area contributed by atoms with Crippen molar-refractivity contribution in [2.75, 3.05) is 13.1 Å².